The number of hydrogen-bond acceptors (Lipinski definition) is 2. The third-order valence-corrected chi connectivity index (χ3v) is 4.29. The molecule has 4 heteroatoms. The standard InChI is InChI=1S/C17H17BrFNO/c1-17(2,12-4-6-13(20)7-5-12)16(21)10-11-3-8-15(19)14(18)9-11/h3-9H,10,20H2,1-2H3. The molecule has 2 aromatic rings. The van der Waals surface area contributed by atoms with Crippen molar-refractivity contribution in [2.75, 3.05) is 5.73 Å². The van der Waals surface area contributed by atoms with Crippen molar-refractivity contribution in [1.82, 2.24) is 0 Å². The van der Waals surface area contributed by atoms with E-state index in [-0.39, 0.29) is 18.0 Å². The number of halogens is 2. The van der Waals surface area contributed by atoms with E-state index < -0.39 is 5.41 Å². The van der Waals surface area contributed by atoms with Gasteiger partial charge >= 0.3 is 0 Å². The molecule has 0 atom stereocenters. The third-order valence-electron chi connectivity index (χ3n) is 3.68. The average molecular weight is 350 g/mol. The van der Waals surface area contributed by atoms with Gasteiger partial charge in [0.05, 0.1) is 4.47 Å². The molecule has 0 radical (unpaired) electrons. The van der Waals surface area contributed by atoms with E-state index in [1.165, 1.54) is 6.07 Å². The lowest BCUT2D eigenvalue weighted by atomic mass is 9.78. The van der Waals surface area contributed by atoms with E-state index in [0.29, 0.717) is 10.2 Å². The van der Waals surface area contributed by atoms with Crippen LogP contribution in [0.4, 0.5) is 10.1 Å². The van der Waals surface area contributed by atoms with Crippen molar-refractivity contribution in [2.45, 2.75) is 25.7 Å². The van der Waals surface area contributed by atoms with Crippen LogP contribution in [0.15, 0.2) is 46.9 Å². The zero-order chi connectivity index (χ0) is 15.6. The molecule has 0 fully saturated rings. The molecule has 2 N–H and O–H groups in total. The second-order valence-corrected chi connectivity index (χ2v) is 6.45. The van der Waals surface area contributed by atoms with E-state index in [1.54, 1.807) is 24.3 Å². The van der Waals surface area contributed by atoms with Gasteiger partial charge in [-0.15, -0.1) is 0 Å². The van der Waals surface area contributed by atoms with Crippen LogP contribution in [0.2, 0.25) is 0 Å². The van der Waals surface area contributed by atoms with Crippen molar-refractivity contribution in [1.29, 1.82) is 0 Å². The number of nitrogens with two attached hydrogens (primary N) is 1. The number of rotatable bonds is 4. The Hall–Kier alpha value is -1.68. The van der Waals surface area contributed by atoms with Crippen molar-refractivity contribution < 1.29 is 9.18 Å². The largest absolute Gasteiger partial charge is 0.399 e. The topological polar surface area (TPSA) is 43.1 Å². The summed E-state index contributed by atoms with van der Waals surface area (Å²) < 4.78 is 13.6. The smallest absolute Gasteiger partial charge is 0.147 e. The first-order chi connectivity index (χ1) is 9.80. The summed E-state index contributed by atoms with van der Waals surface area (Å²) in [6.45, 7) is 3.78. The fourth-order valence-corrected chi connectivity index (χ4v) is 2.54. The van der Waals surface area contributed by atoms with Crippen molar-refractivity contribution in [3.05, 3.63) is 63.9 Å². The Morgan fingerprint density at radius 1 is 1.19 bits per heavy atom. The van der Waals surface area contributed by atoms with Crippen LogP contribution in [0.5, 0.6) is 0 Å². The van der Waals surface area contributed by atoms with Crippen LogP contribution in [-0.2, 0) is 16.6 Å². The second-order valence-electron chi connectivity index (χ2n) is 5.60. The number of Topliss-reactive ketones (excluding diaryl/α,β-unsaturated/α-hetero) is 1. The summed E-state index contributed by atoms with van der Waals surface area (Å²) in [5.74, 6) is -0.255. The highest BCUT2D eigenvalue weighted by atomic mass is 79.9. The average Bonchev–Trinajstić information content (AvgIpc) is 2.43. The molecule has 0 heterocycles. The van der Waals surface area contributed by atoms with Crippen molar-refractivity contribution in [2.24, 2.45) is 0 Å². The van der Waals surface area contributed by atoms with Gasteiger partial charge in [-0.05, 0) is 65.2 Å². The van der Waals surface area contributed by atoms with E-state index in [1.807, 2.05) is 26.0 Å². The molecule has 0 spiro atoms. The molecule has 0 amide bonds. The van der Waals surface area contributed by atoms with E-state index >= 15 is 0 Å². The Morgan fingerprint density at radius 2 is 1.81 bits per heavy atom. The number of nitrogen functional groups attached to an aromatic ring is 1. The zero-order valence-electron chi connectivity index (χ0n) is 12.0. The highest BCUT2D eigenvalue weighted by Gasteiger charge is 2.29. The normalized spacial score (nSPS) is 11.4. The van der Waals surface area contributed by atoms with Crippen molar-refractivity contribution in [3.63, 3.8) is 0 Å². The first-order valence-electron chi connectivity index (χ1n) is 6.64. The first-order valence-corrected chi connectivity index (χ1v) is 7.43. The minimum absolute atomic E-state index is 0.0748. The maximum Gasteiger partial charge on any atom is 0.147 e. The quantitative estimate of drug-likeness (QED) is 0.838. The van der Waals surface area contributed by atoms with Gasteiger partial charge in [-0.25, -0.2) is 4.39 Å². The molecule has 2 aromatic carbocycles. The molecule has 0 aliphatic carbocycles. The Kier molecular flexibility index (Phi) is 4.47. The molecule has 0 aromatic heterocycles. The van der Waals surface area contributed by atoms with E-state index in [2.05, 4.69) is 15.9 Å². The molecule has 0 bridgehead atoms. The van der Waals surface area contributed by atoms with Crippen molar-refractivity contribution >= 4 is 27.4 Å². The van der Waals surface area contributed by atoms with Crippen LogP contribution in [-0.4, -0.2) is 5.78 Å². The number of benzene rings is 2. The summed E-state index contributed by atoms with van der Waals surface area (Å²) in [5, 5.41) is 0. The number of carbonyl (C=O) groups is 1. The van der Waals surface area contributed by atoms with E-state index in [0.717, 1.165) is 11.1 Å². The number of carbonyl (C=O) groups excluding carboxylic acids is 1. The van der Waals surface area contributed by atoms with E-state index in [4.69, 9.17) is 5.73 Å². The highest BCUT2D eigenvalue weighted by Crippen LogP contribution is 2.27. The molecule has 110 valence electrons. The summed E-state index contributed by atoms with van der Waals surface area (Å²) in [5.41, 5.74) is 7.44. The van der Waals surface area contributed by atoms with Gasteiger partial charge in [0.15, 0.2) is 0 Å². The maximum absolute atomic E-state index is 13.2. The van der Waals surface area contributed by atoms with Crippen LogP contribution in [0.25, 0.3) is 0 Å². The summed E-state index contributed by atoms with van der Waals surface area (Å²) in [7, 11) is 0. The Balaban J connectivity index is 2.21. The molecule has 0 aliphatic rings. The number of hydrogen-bond donors (Lipinski definition) is 1. The molecule has 0 unspecified atom stereocenters. The fourth-order valence-electron chi connectivity index (χ4n) is 2.12. The van der Waals surface area contributed by atoms with Gasteiger partial charge in [-0.1, -0.05) is 18.2 Å². The lowest BCUT2D eigenvalue weighted by Crippen LogP contribution is -2.30. The first kappa shape index (κ1) is 15.7. The summed E-state index contributed by atoms with van der Waals surface area (Å²) in [4.78, 5) is 12.6. The fraction of sp³-hybridized carbons (Fsp3) is 0.235. The molecule has 0 saturated carbocycles. The van der Waals surface area contributed by atoms with Gasteiger partial charge in [0.2, 0.25) is 0 Å². The molecule has 0 saturated heterocycles. The predicted molar refractivity (Wildman–Crippen MR) is 86.7 cm³/mol. The van der Waals surface area contributed by atoms with Crippen LogP contribution < -0.4 is 5.73 Å². The summed E-state index contributed by atoms with van der Waals surface area (Å²) in [6, 6.07) is 12.0. The number of ketones is 1. The minimum atomic E-state index is -0.617. The van der Waals surface area contributed by atoms with Gasteiger partial charge in [-0.2, -0.15) is 0 Å². The van der Waals surface area contributed by atoms with Crippen molar-refractivity contribution in [3.8, 4) is 0 Å². The molecule has 21 heavy (non-hydrogen) atoms. The minimum Gasteiger partial charge on any atom is -0.399 e. The monoisotopic (exact) mass is 349 g/mol. The summed E-state index contributed by atoms with van der Waals surface area (Å²) >= 11 is 3.14. The third kappa shape index (κ3) is 3.50. The van der Waals surface area contributed by atoms with Crippen LogP contribution in [0.3, 0.4) is 0 Å². The highest BCUT2D eigenvalue weighted by molar-refractivity contribution is 9.10. The molecule has 0 aliphatic heterocycles. The van der Waals surface area contributed by atoms with Gasteiger partial charge in [0.25, 0.3) is 0 Å². The Labute approximate surface area is 132 Å². The Morgan fingerprint density at radius 3 is 2.38 bits per heavy atom. The molecular weight excluding hydrogens is 333 g/mol. The molecular formula is C17H17BrFNO. The van der Waals surface area contributed by atoms with Gasteiger partial charge in [0, 0.05) is 17.5 Å². The van der Waals surface area contributed by atoms with E-state index in [9.17, 15) is 9.18 Å². The van der Waals surface area contributed by atoms with Gasteiger partial charge in [-0.3, -0.25) is 4.79 Å². The molecule has 2 nitrogen and oxygen atoms in total. The summed E-state index contributed by atoms with van der Waals surface area (Å²) in [6.07, 6.45) is 0.260. The predicted octanol–water partition coefficient (Wildman–Crippen LogP) is 4.26. The zero-order valence-corrected chi connectivity index (χ0v) is 13.6. The van der Waals surface area contributed by atoms with Gasteiger partial charge in [0.1, 0.15) is 11.6 Å². The lowest BCUT2D eigenvalue weighted by Gasteiger charge is -2.24. The lowest BCUT2D eigenvalue weighted by molar-refractivity contribution is -0.122. The maximum atomic E-state index is 13.2. The van der Waals surface area contributed by atoms with Gasteiger partial charge < -0.3 is 5.73 Å². The molecule has 2 rings (SSSR count). The van der Waals surface area contributed by atoms with Crippen LogP contribution in [0, 0.1) is 5.82 Å². The second kappa shape index (κ2) is 5.98. The Bertz CT molecular complexity index is 665. The SMILES string of the molecule is CC(C)(C(=O)Cc1ccc(F)c(Br)c1)c1ccc(N)cc1. The van der Waals surface area contributed by atoms with Crippen LogP contribution in [0.1, 0.15) is 25.0 Å². The van der Waals surface area contributed by atoms with Crippen LogP contribution >= 0.6 is 15.9 Å². The number of anilines is 1.